The number of ether oxygens (including phenoxy) is 1. The van der Waals surface area contributed by atoms with Gasteiger partial charge in [-0.05, 0) is 23.8 Å². The van der Waals surface area contributed by atoms with Crippen LogP contribution in [0.2, 0.25) is 0 Å². The molecule has 0 aliphatic carbocycles. The molecular weight excluding hydrogens is 300 g/mol. The van der Waals surface area contributed by atoms with E-state index in [2.05, 4.69) is 0 Å². The van der Waals surface area contributed by atoms with Crippen molar-refractivity contribution in [3.8, 4) is 0 Å². The molecule has 0 amide bonds. The van der Waals surface area contributed by atoms with Crippen molar-refractivity contribution in [3.05, 3.63) is 71.8 Å². The number of esters is 1. The summed E-state index contributed by atoms with van der Waals surface area (Å²) in [5.74, 6) is -1.05. The van der Waals surface area contributed by atoms with Crippen LogP contribution < -0.4 is 0 Å². The quantitative estimate of drug-likeness (QED) is 0.628. The molecule has 0 atom stereocenters. The maximum absolute atomic E-state index is 12.4. The predicted octanol–water partition coefficient (Wildman–Crippen LogP) is 2.72. The van der Waals surface area contributed by atoms with Crippen molar-refractivity contribution in [2.45, 2.75) is 4.90 Å². The second-order valence-electron chi connectivity index (χ2n) is 4.64. The molecule has 2 aromatic carbocycles. The number of carbonyl (C=O) groups excluding carboxylic acids is 1. The van der Waals surface area contributed by atoms with Gasteiger partial charge in [0.25, 0.3) is 0 Å². The number of hydrogen-bond acceptors (Lipinski definition) is 4. The van der Waals surface area contributed by atoms with E-state index in [1.165, 1.54) is 25.3 Å². The van der Waals surface area contributed by atoms with E-state index in [1.54, 1.807) is 30.3 Å². The zero-order chi connectivity index (χ0) is 16.0. The molecular formula is C17H16O4S. The first-order valence-electron chi connectivity index (χ1n) is 6.64. The predicted molar refractivity (Wildman–Crippen MR) is 84.9 cm³/mol. The van der Waals surface area contributed by atoms with Crippen molar-refractivity contribution in [2.75, 3.05) is 12.9 Å². The minimum absolute atomic E-state index is 0.0950. The maximum atomic E-state index is 12.4. The maximum Gasteiger partial charge on any atom is 0.334 e. The van der Waals surface area contributed by atoms with Crippen molar-refractivity contribution in [2.24, 2.45) is 0 Å². The average molecular weight is 316 g/mol. The molecule has 0 saturated carbocycles. The summed E-state index contributed by atoms with van der Waals surface area (Å²) < 4.78 is 29.5. The SMILES string of the molecule is COC(=O)/C(=C/c1ccccc1)CS(=O)(=O)c1ccccc1. The highest BCUT2D eigenvalue weighted by atomic mass is 32.2. The normalized spacial score (nSPS) is 12.0. The zero-order valence-electron chi connectivity index (χ0n) is 12.1. The molecule has 0 bridgehead atoms. The Morgan fingerprint density at radius 3 is 2.09 bits per heavy atom. The first-order chi connectivity index (χ1) is 10.5. The number of methoxy groups -OCH3 is 1. The van der Waals surface area contributed by atoms with Crippen LogP contribution in [0.5, 0.6) is 0 Å². The van der Waals surface area contributed by atoms with Gasteiger partial charge in [0.05, 0.1) is 23.3 Å². The lowest BCUT2D eigenvalue weighted by molar-refractivity contribution is -0.135. The van der Waals surface area contributed by atoms with Crippen LogP contribution in [0, 0.1) is 0 Å². The van der Waals surface area contributed by atoms with Gasteiger partial charge in [0.1, 0.15) is 0 Å². The summed E-state index contributed by atoms with van der Waals surface area (Å²) in [7, 11) is -2.37. The molecule has 0 unspecified atom stereocenters. The molecule has 0 saturated heterocycles. The molecule has 0 spiro atoms. The molecule has 5 heteroatoms. The summed E-state index contributed by atoms with van der Waals surface area (Å²) in [6.07, 6.45) is 1.53. The van der Waals surface area contributed by atoms with Gasteiger partial charge in [-0.25, -0.2) is 13.2 Å². The van der Waals surface area contributed by atoms with Crippen LogP contribution in [0.3, 0.4) is 0 Å². The Hall–Kier alpha value is -2.40. The highest BCUT2D eigenvalue weighted by Crippen LogP contribution is 2.16. The third-order valence-electron chi connectivity index (χ3n) is 3.04. The van der Waals surface area contributed by atoms with E-state index in [4.69, 9.17) is 4.74 Å². The number of hydrogen-bond donors (Lipinski definition) is 0. The molecule has 22 heavy (non-hydrogen) atoms. The summed E-state index contributed by atoms with van der Waals surface area (Å²) >= 11 is 0. The average Bonchev–Trinajstić information content (AvgIpc) is 2.55. The van der Waals surface area contributed by atoms with Crippen LogP contribution in [0.15, 0.2) is 71.1 Å². The second kappa shape index (κ2) is 7.04. The molecule has 0 heterocycles. The fourth-order valence-electron chi connectivity index (χ4n) is 1.96. The molecule has 0 aliphatic rings. The van der Waals surface area contributed by atoms with Gasteiger partial charge in [0, 0.05) is 0 Å². The van der Waals surface area contributed by atoms with E-state index in [0.29, 0.717) is 0 Å². The summed E-state index contributed by atoms with van der Waals surface area (Å²) in [4.78, 5) is 12.0. The highest BCUT2D eigenvalue weighted by Gasteiger charge is 2.21. The monoisotopic (exact) mass is 316 g/mol. The van der Waals surface area contributed by atoms with Gasteiger partial charge >= 0.3 is 5.97 Å². The molecule has 2 aromatic rings. The van der Waals surface area contributed by atoms with Gasteiger partial charge in [0.2, 0.25) is 0 Å². The Kier molecular flexibility index (Phi) is 5.12. The summed E-state index contributed by atoms with van der Waals surface area (Å²) in [6.45, 7) is 0. The number of sulfone groups is 1. The van der Waals surface area contributed by atoms with Crippen LogP contribution in [-0.2, 0) is 19.4 Å². The van der Waals surface area contributed by atoms with Gasteiger partial charge in [-0.15, -0.1) is 0 Å². The summed E-state index contributed by atoms with van der Waals surface area (Å²) in [5.41, 5.74) is 0.837. The Labute approximate surface area is 130 Å². The van der Waals surface area contributed by atoms with Gasteiger partial charge in [-0.3, -0.25) is 0 Å². The lowest BCUT2D eigenvalue weighted by Crippen LogP contribution is -2.16. The first kappa shape index (κ1) is 16.0. The van der Waals surface area contributed by atoms with Gasteiger partial charge in [0.15, 0.2) is 9.84 Å². The highest BCUT2D eigenvalue weighted by molar-refractivity contribution is 7.91. The molecule has 0 fully saturated rings. The Balaban J connectivity index is 2.36. The zero-order valence-corrected chi connectivity index (χ0v) is 12.9. The van der Waals surface area contributed by atoms with Gasteiger partial charge < -0.3 is 4.74 Å². The molecule has 0 N–H and O–H groups in total. The van der Waals surface area contributed by atoms with Crippen molar-refractivity contribution < 1.29 is 17.9 Å². The first-order valence-corrected chi connectivity index (χ1v) is 8.30. The number of rotatable bonds is 5. The van der Waals surface area contributed by atoms with Crippen molar-refractivity contribution in [3.63, 3.8) is 0 Å². The molecule has 0 aromatic heterocycles. The van der Waals surface area contributed by atoms with Crippen molar-refractivity contribution in [1.29, 1.82) is 0 Å². The van der Waals surface area contributed by atoms with Crippen molar-refractivity contribution >= 4 is 21.9 Å². The summed E-state index contributed by atoms with van der Waals surface area (Å²) in [5, 5.41) is 0. The van der Waals surface area contributed by atoms with Crippen LogP contribution in [0.25, 0.3) is 6.08 Å². The smallest absolute Gasteiger partial charge is 0.334 e. The second-order valence-corrected chi connectivity index (χ2v) is 6.63. The van der Waals surface area contributed by atoms with E-state index >= 15 is 0 Å². The lowest BCUT2D eigenvalue weighted by atomic mass is 10.1. The van der Waals surface area contributed by atoms with Crippen LogP contribution in [0.1, 0.15) is 5.56 Å². The van der Waals surface area contributed by atoms with Crippen LogP contribution in [-0.4, -0.2) is 27.2 Å². The fraction of sp³-hybridized carbons (Fsp3) is 0.118. The molecule has 0 radical (unpaired) electrons. The molecule has 2 rings (SSSR count). The van der Waals surface area contributed by atoms with Crippen LogP contribution >= 0.6 is 0 Å². The van der Waals surface area contributed by atoms with E-state index in [-0.39, 0.29) is 10.5 Å². The third-order valence-corrected chi connectivity index (χ3v) is 4.72. The number of carbonyl (C=O) groups is 1. The summed E-state index contributed by atoms with van der Waals surface area (Å²) in [6, 6.07) is 17.1. The van der Waals surface area contributed by atoms with Crippen LogP contribution in [0.4, 0.5) is 0 Å². The largest absolute Gasteiger partial charge is 0.466 e. The molecule has 4 nitrogen and oxygen atoms in total. The Morgan fingerprint density at radius 1 is 1.00 bits per heavy atom. The van der Waals surface area contributed by atoms with Gasteiger partial charge in [-0.1, -0.05) is 48.5 Å². The Bertz CT molecular complexity index is 763. The Morgan fingerprint density at radius 2 is 1.55 bits per heavy atom. The minimum atomic E-state index is -3.60. The standard InChI is InChI=1S/C17H16O4S/c1-21-17(18)15(12-14-8-4-2-5-9-14)13-22(19,20)16-10-6-3-7-11-16/h2-12H,13H2,1H3/b15-12+. The topological polar surface area (TPSA) is 60.4 Å². The third kappa shape index (κ3) is 4.05. The molecule has 114 valence electrons. The molecule has 0 aliphatic heterocycles. The van der Waals surface area contributed by atoms with E-state index in [9.17, 15) is 13.2 Å². The minimum Gasteiger partial charge on any atom is -0.466 e. The number of benzene rings is 2. The van der Waals surface area contributed by atoms with E-state index in [1.807, 2.05) is 18.2 Å². The lowest BCUT2D eigenvalue weighted by Gasteiger charge is -2.07. The van der Waals surface area contributed by atoms with Crippen molar-refractivity contribution in [1.82, 2.24) is 0 Å². The van der Waals surface area contributed by atoms with E-state index < -0.39 is 21.6 Å². The fourth-order valence-corrected chi connectivity index (χ4v) is 3.31. The van der Waals surface area contributed by atoms with Gasteiger partial charge in [-0.2, -0.15) is 0 Å². The van der Waals surface area contributed by atoms with E-state index in [0.717, 1.165) is 5.56 Å².